The fourth-order valence-corrected chi connectivity index (χ4v) is 2.01. The number of rotatable bonds is 1. The highest BCUT2D eigenvalue weighted by Gasteiger charge is 2.04. The van der Waals surface area contributed by atoms with Gasteiger partial charge in [-0.05, 0) is 36.2 Å². The van der Waals surface area contributed by atoms with Crippen LogP contribution in [0.2, 0.25) is 0 Å². The lowest BCUT2D eigenvalue weighted by molar-refractivity contribution is 0.628. The highest BCUT2D eigenvalue weighted by atomic mass is 79.9. The second-order valence-corrected chi connectivity index (χ2v) is 4.35. The number of halogens is 2. The highest BCUT2D eigenvalue weighted by molar-refractivity contribution is 9.10. The lowest BCUT2D eigenvalue weighted by atomic mass is 10.0. The minimum atomic E-state index is -0.213. The van der Waals surface area contributed by atoms with E-state index in [-0.39, 0.29) is 5.82 Å². The molecular weight excluding hydrogens is 255 g/mol. The number of hydrogen-bond acceptors (Lipinski definition) is 0. The summed E-state index contributed by atoms with van der Waals surface area (Å²) in [4.78, 5) is 0. The summed E-state index contributed by atoms with van der Waals surface area (Å²) >= 11 is 3.43. The first-order valence-electron chi connectivity index (χ1n) is 4.69. The summed E-state index contributed by atoms with van der Waals surface area (Å²) in [6.07, 6.45) is 0. The molecule has 0 radical (unpaired) electrons. The molecule has 0 unspecified atom stereocenters. The zero-order valence-electron chi connectivity index (χ0n) is 8.30. The van der Waals surface area contributed by atoms with Crippen LogP contribution >= 0.6 is 15.9 Å². The number of benzene rings is 2. The quantitative estimate of drug-likeness (QED) is 0.708. The minimum absolute atomic E-state index is 0.213. The molecule has 0 saturated carbocycles. The van der Waals surface area contributed by atoms with E-state index in [4.69, 9.17) is 0 Å². The van der Waals surface area contributed by atoms with Gasteiger partial charge in [0, 0.05) is 4.47 Å². The molecule has 2 aromatic carbocycles. The Hall–Kier alpha value is -1.15. The average molecular weight is 265 g/mol. The van der Waals surface area contributed by atoms with E-state index in [1.807, 2.05) is 31.2 Å². The van der Waals surface area contributed by atoms with Crippen LogP contribution in [0.4, 0.5) is 4.39 Å². The summed E-state index contributed by atoms with van der Waals surface area (Å²) in [5, 5.41) is 0. The molecule has 0 heterocycles. The van der Waals surface area contributed by atoms with E-state index >= 15 is 0 Å². The van der Waals surface area contributed by atoms with Crippen LogP contribution in [-0.4, -0.2) is 0 Å². The van der Waals surface area contributed by atoms with Gasteiger partial charge in [0.15, 0.2) is 0 Å². The van der Waals surface area contributed by atoms with Crippen molar-refractivity contribution in [2.24, 2.45) is 0 Å². The van der Waals surface area contributed by atoms with Crippen LogP contribution in [-0.2, 0) is 0 Å². The Bertz CT molecular complexity index is 492. The van der Waals surface area contributed by atoms with Crippen LogP contribution in [0.15, 0.2) is 46.9 Å². The van der Waals surface area contributed by atoms with Gasteiger partial charge < -0.3 is 0 Å². The molecule has 0 saturated heterocycles. The largest absolute Gasteiger partial charge is 0.207 e. The van der Waals surface area contributed by atoms with Gasteiger partial charge in [0.1, 0.15) is 5.82 Å². The third-order valence-corrected chi connectivity index (χ3v) is 2.95. The average Bonchev–Trinajstić information content (AvgIpc) is 2.22. The van der Waals surface area contributed by atoms with E-state index in [1.165, 1.54) is 11.6 Å². The molecule has 15 heavy (non-hydrogen) atoms. The molecule has 0 nitrogen and oxygen atoms in total. The summed E-state index contributed by atoms with van der Waals surface area (Å²) in [6, 6.07) is 12.7. The first-order chi connectivity index (χ1) is 7.16. The molecule has 0 fully saturated rings. The van der Waals surface area contributed by atoms with E-state index in [0.717, 1.165) is 15.6 Å². The fourth-order valence-electron chi connectivity index (χ4n) is 1.53. The van der Waals surface area contributed by atoms with Crippen LogP contribution < -0.4 is 0 Å². The standard InChI is InChI=1S/C13H10BrF/c1-9-3-2-4-10(7-9)12-8-11(15)5-6-13(12)14/h2-8H,1H3. The van der Waals surface area contributed by atoms with Crippen molar-refractivity contribution in [1.82, 2.24) is 0 Å². The third-order valence-electron chi connectivity index (χ3n) is 2.26. The van der Waals surface area contributed by atoms with E-state index in [0.29, 0.717) is 0 Å². The van der Waals surface area contributed by atoms with Crippen LogP contribution in [0, 0.1) is 12.7 Å². The van der Waals surface area contributed by atoms with Gasteiger partial charge >= 0.3 is 0 Å². The molecule has 2 rings (SSSR count). The van der Waals surface area contributed by atoms with Crippen LogP contribution in [0.5, 0.6) is 0 Å². The van der Waals surface area contributed by atoms with Crippen molar-refractivity contribution in [3.05, 3.63) is 58.3 Å². The van der Waals surface area contributed by atoms with Gasteiger partial charge in [-0.1, -0.05) is 45.8 Å². The molecule has 0 bridgehead atoms. The van der Waals surface area contributed by atoms with Gasteiger partial charge in [0.2, 0.25) is 0 Å². The minimum Gasteiger partial charge on any atom is -0.207 e. The fraction of sp³-hybridized carbons (Fsp3) is 0.0769. The van der Waals surface area contributed by atoms with E-state index in [2.05, 4.69) is 15.9 Å². The summed E-state index contributed by atoms with van der Waals surface area (Å²) in [7, 11) is 0. The molecular formula is C13H10BrF. The molecule has 0 aliphatic rings. The normalized spacial score (nSPS) is 10.3. The lowest BCUT2D eigenvalue weighted by Gasteiger charge is -2.05. The van der Waals surface area contributed by atoms with Gasteiger partial charge in [-0.15, -0.1) is 0 Å². The molecule has 2 heteroatoms. The maximum Gasteiger partial charge on any atom is 0.123 e. The Morgan fingerprint density at radius 3 is 2.60 bits per heavy atom. The Labute approximate surface area is 96.9 Å². The SMILES string of the molecule is Cc1cccc(-c2cc(F)ccc2Br)c1. The maximum absolute atomic E-state index is 13.1. The summed E-state index contributed by atoms with van der Waals surface area (Å²) in [5.41, 5.74) is 3.09. The maximum atomic E-state index is 13.1. The highest BCUT2D eigenvalue weighted by Crippen LogP contribution is 2.29. The monoisotopic (exact) mass is 264 g/mol. The van der Waals surface area contributed by atoms with Crippen LogP contribution in [0.3, 0.4) is 0 Å². The molecule has 0 spiro atoms. The predicted molar refractivity (Wildman–Crippen MR) is 64.3 cm³/mol. The van der Waals surface area contributed by atoms with Crippen molar-refractivity contribution in [3.63, 3.8) is 0 Å². The van der Waals surface area contributed by atoms with Crippen molar-refractivity contribution in [1.29, 1.82) is 0 Å². The van der Waals surface area contributed by atoms with Gasteiger partial charge in [0.05, 0.1) is 0 Å². The van der Waals surface area contributed by atoms with Crippen molar-refractivity contribution in [3.8, 4) is 11.1 Å². The molecule has 0 aliphatic heterocycles. The zero-order valence-corrected chi connectivity index (χ0v) is 9.88. The van der Waals surface area contributed by atoms with Crippen LogP contribution in [0.25, 0.3) is 11.1 Å². The molecule has 0 atom stereocenters. The second kappa shape index (κ2) is 4.15. The van der Waals surface area contributed by atoms with Crippen molar-refractivity contribution >= 4 is 15.9 Å². The van der Waals surface area contributed by atoms with Crippen molar-refractivity contribution in [2.75, 3.05) is 0 Å². The molecule has 0 N–H and O–H groups in total. The molecule has 0 aliphatic carbocycles. The number of hydrogen-bond donors (Lipinski definition) is 0. The Morgan fingerprint density at radius 2 is 1.87 bits per heavy atom. The van der Waals surface area contributed by atoms with Crippen molar-refractivity contribution in [2.45, 2.75) is 6.92 Å². The third kappa shape index (κ3) is 2.26. The van der Waals surface area contributed by atoms with E-state index in [1.54, 1.807) is 12.1 Å². The van der Waals surface area contributed by atoms with E-state index < -0.39 is 0 Å². The molecule has 0 amide bonds. The van der Waals surface area contributed by atoms with Gasteiger partial charge in [-0.2, -0.15) is 0 Å². The Kier molecular flexibility index (Phi) is 2.87. The smallest absolute Gasteiger partial charge is 0.123 e. The zero-order chi connectivity index (χ0) is 10.8. The Morgan fingerprint density at radius 1 is 1.07 bits per heavy atom. The van der Waals surface area contributed by atoms with Gasteiger partial charge in [-0.3, -0.25) is 0 Å². The Balaban J connectivity index is 2.58. The van der Waals surface area contributed by atoms with Crippen LogP contribution in [0.1, 0.15) is 5.56 Å². The molecule has 76 valence electrons. The summed E-state index contributed by atoms with van der Waals surface area (Å²) in [5.74, 6) is -0.213. The summed E-state index contributed by atoms with van der Waals surface area (Å²) < 4.78 is 14.0. The number of aryl methyl sites for hydroxylation is 1. The molecule has 0 aromatic heterocycles. The van der Waals surface area contributed by atoms with Crippen molar-refractivity contribution < 1.29 is 4.39 Å². The molecule has 2 aromatic rings. The van der Waals surface area contributed by atoms with E-state index in [9.17, 15) is 4.39 Å². The first kappa shape index (κ1) is 10.4. The first-order valence-corrected chi connectivity index (χ1v) is 5.48. The van der Waals surface area contributed by atoms with Gasteiger partial charge in [0.25, 0.3) is 0 Å². The van der Waals surface area contributed by atoms with Gasteiger partial charge in [-0.25, -0.2) is 4.39 Å². The summed E-state index contributed by atoms with van der Waals surface area (Å²) in [6.45, 7) is 2.02. The lowest BCUT2D eigenvalue weighted by Crippen LogP contribution is -1.83. The second-order valence-electron chi connectivity index (χ2n) is 3.49. The topological polar surface area (TPSA) is 0 Å². The predicted octanol–water partition coefficient (Wildman–Crippen LogP) is 4.56.